The van der Waals surface area contributed by atoms with Crippen LogP contribution in [-0.2, 0) is 4.79 Å². The van der Waals surface area contributed by atoms with Crippen LogP contribution in [0.4, 0.5) is 0 Å². The molecule has 1 N–H and O–H groups in total. The van der Waals surface area contributed by atoms with Crippen LogP contribution in [0.25, 0.3) is 0 Å². The van der Waals surface area contributed by atoms with Gasteiger partial charge < -0.3 is 14.8 Å². The number of rotatable bonds is 8. The average molecular weight is 370 g/mol. The number of benzene rings is 2. The Hall–Kier alpha value is -2.49. The standard InChI is InChI=1S/C23H31NO3/c1-15(2)13-22(19-8-11-20(26-6)12-9-19)24-23(25)18(5)27-21-10-7-16(3)17(4)14-21/h7-12,14-15,18,22H,13H2,1-6H3,(H,24,25)/t18-,22-/m1/s1. The second kappa shape index (κ2) is 9.45. The number of hydrogen-bond acceptors (Lipinski definition) is 3. The summed E-state index contributed by atoms with van der Waals surface area (Å²) < 4.78 is 11.1. The lowest BCUT2D eigenvalue weighted by atomic mass is 9.96. The molecule has 0 aliphatic heterocycles. The molecule has 2 aromatic rings. The monoisotopic (exact) mass is 369 g/mol. The van der Waals surface area contributed by atoms with Crippen molar-refractivity contribution >= 4 is 5.91 Å². The third kappa shape index (κ3) is 6.02. The summed E-state index contributed by atoms with van der Waals surface area (Å²) in [6.07, 6.45) is 0.286. The van der Waals surface area contributed by atoms with E-state index in [4.69, 9.17) is 9.47 Å². The number of amides is 1. The fourth-order valence-corrected chi connectivity index (χ4v) is 2.92. The first-order chi connectivity index (χ1) is 12.8. The zero-order valence-corrected chi connectivity index (χ0v) is 17.2. The summed E-state index contributed by atoms with van der Waals surface area (Å²) in [4.78, 5) is 12.7. The molecule has 0 heterocycles. The molecule has 146 valence electrons. The van der Waals surface area contributed by atoms with E-state index in [0.717, 1.165) is 23.3 Å². The lowest BCUT2D eigenvalue weighted by Crippen LogP contribution is -2.39. The molecule has 2 aromatic carbocycles. The fourth-order valence-electron chi connectivity index (χ4n) is 2.92. The minimum Gasteiger partial charge on any atom is -0.497 e. The molecule has 1 amide bonds. The summed E-state index contributed by atoms with van der Waals surface area (Å²) >= 11 is 0. The van der Waals surface area contributed by atoms with Crippen molar-refractivity contribution in [2.24, 2.45) is 5.92 Å². The van der Waals surface area contributed by atoms with Crippen LogP contribution in [0.5, 0.6) is 11.5 Å². The van der Waals surface area contributed by atoms with Gasteiger partial charge in [0.15, 0.2) is 6.10 Å². The van der Waals surface area contributed by atoms with E-state index in [-0.39, 0.29) is 11.9 Å². The maximum atomic E-state index is 12.7. The minimum absolute atomic E-state index is 0.0609. The Morgan fingerprint density at radius 3 is 2.15 bits per heavy atom. The number of carbonyl (C=O) groups is 1. The zero-order chi connectivity index (χ0) is 20.0. The number of hydrogen-bond donors (Lipinski definition) is 1. The van der Waals surface area contributed by atoms with E-state index < -0.39 is 6.10 Å². The smallest absolute Gasteiger partial charge is 0.261 e. The molecule has 0 unspecified atom stereocenters. The normalized spacial score (nSPS) is 13.1. The van der Waals surface area contributed by atoms with Gasteiger partial charge >= 0.3 is 0 Å². The summed E-state index contributed by atoms with van der Waals surface area (Å²) in [5.74, 6) is 1.86. The van der Waals surface area contributed by atoms with Crippen LogP contribution in [0.15, 0.2) is 42.5 Å². The van der Waals surface area contributed by atoms with E-state index in [0.29, 0.717) is 11.7 Å². The van der Waals surface area contributed by atoms with Gasteiger partial charge in [-0.2, -0.15) is 0 Å². The Labute approximate surface area is 162 Å². The Morgan fingerprint density at radius 2 is 1.59 bits per heavy atom. The summed E-state index contributed by atoms with van der Waals surface area (Å²) in [6.45, 7) is 10.2. The predicted molar refractivity (Wildman–Crippen MR) is 109 cm³/mol. The van der Waals surface area contributed by atoms with E-state index in [1.165, 1.54) is 5.56 Å². The Kier molecular flexibility index (Phi) is 7.28. The van der Waals surface area contributed by atoms with Gasteiger partial charge in [0.1, 0.15) is 11.5 Å². The Morgan fingerprint density at radius 1 is 0.963 bits per heavy atom. The van der Waals surface area contributed by atoms with Crippen LogP contribution >= 0.6 is 0 Å². The molecule has 0 spiro atoms. The van der Waals surface area contributed by atoms with Gasteiger partial charge in [0, 0.05) is 0 Å². The van der Waals surface area contributed by atoms with E-state index in [2.05, 4.69) is 26.1 Å². The van der Waals surface area contributed by atoms with Crippen molar-refractivity contribution in [3.8, 4) is 11.5 Å². The van der Waals surface area contributed by atoms with Crippen molar-refractivity contribution in [1.29, 1.82) is 0 Å². The van der Waals surface area contributed by atoms with E-state index >= 15 is 0 Å². The molecule has 0 saturated heterocycles. The van der Waals surface area contributed by atoms with Gasteiger partial charge in [-0.1, -0.05) is 32.0 Å². The number of carbonyl (C=O) groups excluding carboxylic acids is 1. The van der Waals surface area contributed by atoms with E-state index in [1.807, 2.05) is 49.4 Å². The fraction of sp³-hybridized carbons (Fsp3) is 0.435. The number of ether oxygens (including phenoxy) is 2. The Balaban J connectivity index is 2.07. The highest BCUT2D eigenvalue weighted by Crippen LogP contribution is 2.24. The van der Waals surface area contributed by atoms with Crippen LogP contribution in [0, 0.1) is 19.8 Å². The lowest BCUT2D eigenvalue weighted by molar-refractivity contribution is -0.128. The highest BCUT2D eigenvalue weighted by atomic mass is 16.5. The molecule has 0 aliphatic carbocycles. The molecule has 0 fully saturated rings. The maximum absolute atomic E-state index is 12.7. The van der Waals surface area contributed by atoms with Gasteiger partial charge in [-0.25, -0.2) is 0 Å². The summed E-state index contributed by atoms with van der Waals surface area (Å²) in [5.41, 5.74) is 3.42. The van der Waals surface area contributed by atoms with Crippen molar-refractivity contribution in [2.45, 2.75) is 53.2 Å². The molecule has 2 atom stereocenters. The van der Waals surface area contributed by atoms with Gasteiger partial charge in [0.05, 0.1) is 13.2 Å². The second-order valence-electron chi connectivity index (χ2n) is 7.47. The maximum Gasteiger partial charge on any atom is 0.261 e. The predicted octanol–water partition coefficient (Wildman–Crippen LogP) is 4.98. The van der Waals surface area contributed by atoms with Crippen molar-refractivity contribution in [1.82, 2.24) is 5.32 Å². The quantitative estimate of drug-likeness (QED) is 0.714. The third-order valence-electron chi connectivity index (χ3n) is 4.70. The zero-order valence-electron chi connectivity index (χ0n) is 17.2. The number of nitrogens with one attached hydrogen (secondary N) is 1. The van der Waals surface area contributed by atoms with Gasteiger partial charge in [-0.3, -0.25) is 4.79 Å². The first-order valence-corrected chi connectivity index (χ1v) is 9.48. The molecule has 4 heteroatoms. The average Bonchev–Trinajstić information content (AvgIpc) is 2.63. The molecule has 27 heavy (non-hydrogen) atoms. The molecular formula is C23H31NO3. The highest BCUT2D eigenvalue weighted by molar-refractivity contribution is 5.81. The molecular weight excluding hydrogens is 338 g/mol. The highest BCUT2D eigenvalue weighted by Gasteiger charge is 2.21. The molecule has 0 bridgehead atoms. The molecule has 0 radical (unpaired) electrons. The minimum atomic E-state index is -0.569. The largest absolute Gasteiger partial charge is 0.497 e. The Bertz CT molecular complexity index is 753. The van der Waals surface area contributed by atoms with E-state index in [9.17, 15) is 4.79 Å². The van der Waals surface area contributed by atoms with Gasteiger partial charge in [0.2, 0.25) is 0 Å². The number of methoxy groups -OCH3 is 1. The van der Waals surface area contributed by atoms with Crippen molar-refractivity contribution in [3.05, 3.63) is 59.2 Å². The van der Waals surface area contributed by atoms with Gasteiger partial charge in [-0.05, 0) is 74.1 Å². The first kappa shape index (κ1) is 20.8. The third-order valence-corrected chi connectivity index (χ3v) is 4.70. The molecule has 0 aromatic heterocycles. The summed E-state index contributed by atoms with van der Waals surface area (Å²) in [7, 11) is 1.65. The first-order valence-electron chi connectivity index (χ1n) is 9.48. The van der Waals surface area contributed by atoms with Crippen LogP contribution in [-0.4, -0.2) is 19.1 Å². The molecule has 0 saturated carbocycles. The van der Waals surface area contributed by atoms with E-state index in [1.54, 1.807) is 14.0 Å². The van der Waals surface area contributed by atoms with Crippen molar-refractivity contribution in [2.75, 3.05) is 7.11 Å². The van der Waals surface area contributed by atoms with Crippen LogP contribution in [0.3, 0.4) is 0 Å². The van der Waals surface area contributed by atoms with Crippen molar-refractivity contribution < 1.29 is 14.3 Å². The summed E-state index contributed by atoms with van der Waals surface area (Å²) in [5, 5.41) is 3.14. The molecule has 0 aliphatic rings. The van der Waals surface area contributed by atoms with Crippen LogP contribution in [0.1, 0.15) is 49.9 Å². The lowest BCUT2D eigenvalue weighted by Gasteiger charge is -2.24. The van der Waals surface area contributed by atoms with Gasteiger partial charge in [-0.15, -0.1) is 0 Å². The molecule has 2 rings (SSSR count). The topological polar surface area (TPSA) is 47.6 Å². The van der Waals surface area contributed by atoms with Gasteiger partial charge in [0.25, 0.3) is 5.91 Å². The van der Waals surface area contributed by atoms with Crippen molar-refractivity contribution in [3.63, 3.8) is 0 Å². The van der Waals surface area contributed by atoms with Crippen LogP contribution < -0.4 is 14.8 Å². The van der Waals surface area contributed by atoms with Crippen LogP contribution in [0.2, 0.25) is 0 Å². The SMILES string of the molecule is COc1ccc([C@@H](CC(C)C)NC(=O)[C@@H](C)Oc2ccc(C)c(C)c2)cc1. The number of aryl methyl sites for hydroxylation is 2. The summed E-state index contributed by atoms with van der Waals surface area (Å²) in [6, 6.07) is 13.7. The second-order valence-corrected chi connectivity index (χ2v) is 7.47. The molecule has 4 nitrogen and oxygen atoms in total.